The van der Waals surface area contributed by atoms with E-state index in [0.29, 0.717) is 5.56 Å². The van der Waals surface area contributed by atoms with Gasteiger partial charge in [-0.2, -0.15) is 0 Å². The minimum absolute atomic E-state index is 0.0264. The van der Waals surface area contributed by atoms with Crippen molar-refractivity contribution in [2.75, 3.05) is 18.6 Å². The first-order valence-corrected chi connectivity index (χ1v) is 5.92. The molecule has 1 atom stereocenters. The Hall–Kier alpha value is -1.27. The molecule has 0 bridgehead atoms. The lowest BCUT2D eigenvalue weighted by Crippen LogP contribution is -2.33. The molecule has 94 valence electrons. The highest BCUT2D eigenvalue weighted by Gasteiger charge is 2.17. The maximum absolute atomic E-state index is 9.16. The minimum Gasteiger partial charge on any atom is -0.409 e. The molecule has 4 N–H and O–H groups in total. The third kappa shape index (κ3) is 2.89. The van der Waals surface area contributed by atoms with Crippen LogP contribution in [0.3, 0.4) is 0 Å². The summed E-state index contributed by atoms with van der Waals surface area (Å²) >= 11 is 3.37. The predicted octanol–water partition coefficient (Wildman–Crippen LogP) is 1.36. The summed E-state index contributed by atoms with van der Waals surface area (Å²) < 4.78 is 0.738. The van der Waals surface area contributed by atoms with Gasteiger partial charge in [-0.1, -0.05) is 11.2 Å². The van der Waals surface area contributed by atoms with Crippen molar-refractivity contribution in [3.05, 3.63) is 28.2 Å². The highest BCUT2D eigenvalue weighted by Crippen LogP contribution is 2.28. The molecule has 0 aromatic heterocycles. The van der Waals surface area contributed by atoms with Crippen LogP contribution in [0.2, 0.25) is 0 Å². The van der Waals surface area contributed by atoms with Gasteiger partial charge >= 0.3 is 0 Å². The molecule has 1 aromatic rings. The zero-order valence-corrected chi connectivity index (χ0v) is 11.3. The number of likely N-dealkylation sites (N-methyl/N-ethyl adjacent to an activating group) is 1. The van der Waals surface area contributed by atoms with Gasteiger partial charge in [-0.3, -0.25) is 0 Å². The lowest BCUT2D eigenvalue weighted by molar-refractivity contribution is 0.270. The van der Waals surface area contributed by atoms with Gasteiger partial charge in [-0.15, -0.1) is 0 Å². The lowest BCUT2D eigenvalue weighted by Gasteiger charge is -2.27. The van der Waals surface area contributed by atoms with Gasteiger partial charge in [0.05, 0.1) is 12.2 Å². The van der Waals surface area contributed by atoms with Crippen LogP contribution in [0.1, 0.15) is 12.5 Å². The van der Waals surface area contributed by atoms with Gasteiger partial charge in [0, 0.05) is 23.2 Å². The zero-order valence-electron chi connectivity index (χ0n) is 9.76. The summed E-state index contributed by atoms with van der Waals surface area (Å²) in [7, 11) is 1.84. The molecule has 1 unspecified atom stereocenters. The fraction of sp³-hybridized carbons (Fsp3) is 0.364. The smallest absolute Gasteiger partial charge is 0.173 e. The molecule has 0 saturated carbocycles. The Morgan fingerprint density at radius 1 is 1.59 bits per heavy atom. The van der Waals surface area contributed by atoms with E-state index in [2.05, 4.69) is 21.1 Å². The van der Waals surface area contributed by atoms with Crippen LogP contribution in [-0.4, -0.2) is 35.8 Å². The predicted molar refractivity (Wildman–Crippen MR) is 71.6 cm³/mol. The third-order valence-corrected chi connectivity index (χ3v) is 3.32. The fourth-order valence-corrected chi connectivity index (χ4v) is 2.03. The molecule has 0 amide bonds. The molecule has 0 saturated heterocycles. The first-order chi connectivity index (χ1) is 8.02. The normalized spacial score (nSPS) is 13.5. The van der Waals surface area contributed by atoms with E-state index in [1.54, 1.807) is 0 Å². The van der Waals surface area contributed by atoms with Crippen molar-refractivity contribution in [2.45, 2.75) is 13.0 Å². The van der Waals surface area contributed by atoms with Crippen LogP contribution in [0.4, 0.5) is 5.69 Å². The molecule has 0 aliphatic heterocycles. The Morgan fingerprint density at radius 3 is 2.76 bits per heavy atom. The molecule has 0 spiro atoms. The summed E-state index contributed by atoms with van der Waals surface area (Å²) in [4.78, 5) is 1.87. The lowest BCUT2D eigenvalue weighted by atomic mass is 10.1. The SMILES string of the molecule is CC(CO)N(C)c1cccc(Br)c1/C(N)=N/O. The van der Waals surface area contributed by atoms with Crippen LogP contribution in [0.15, 0.2) is 27.8 Å². The van der Waals surface area contributed by atoms with E-state index in [9.17, 15) is 0 Å². The van der Waals surface area contributed by atoms with Crippen molar-refractivity contribution in [3.63, 3.8) is 0 Å². The van der Waals surface area contributed by atoms with Crippen molar-refractivity contribution < 1.29 is 10.3 Å². The molecule has 17 heavy (non-hydrogen) atoms. The molecule has 5 nitrogen and oxygen atoms in total. The maximum Gasteiger partial charge on any atom is 0.173 e. The molecule has 0 aliphatic rings. The number of amidine groups is 1. The number of anilines is 1. The average Bonchev–Trinajstić information content (AvgIpc) is 2.35. The van der Waals surface area contributed by atoms with Crippen molar-refractivity contribution in [1.29, 1.82) is 0 Å². The van der Waals surface area contributed by atoms with Gasteiger partial charge in [0.2, 0.25) is 0 Å². The number of oxime groups is 1. The number of aliphatic hydroxyl groups excluding tert-OH is 1. The van der Waals surface area contributed by atoms with Gasteiger partial charge in [0.25, 0.3) is 0 Å². The van der Waals surface area contributed by atoms with Crippen molar-refractivity contribution in [3.8, 4) is 0 Å². The van der Waals surface area contributed by atoms with Crippen LogP contribution in [-0.2, 0) is 0 Å². The van der Waals surface area contributed by atoms with Gasteiger partial charge < -0.3 is 20.9 Å². The maximum atomic E-state index is 9.16. The number of rotatable bonds is 4. The van der Waals surface area contributed by atoms with E-state index in [0.717, 1.165) is 10.2 Å². The average molecular weight is 302 g/mol. The molecule has 0 fully saturated rings. The van der Waals surface area contributed by atoms with Crippen LogP contribution in [0.5, 0.6) is 0 Å². The van der Waals surface area contributed by atoms with Crippen LogP contribution < -0.4 is 10.6 Å². The third-order valence-electron chi connectivity index (χ3n) is 2.66. The molecule has 1 aromatic carbocycles. The standard InChI is InChI=1S/C11H16BrN3O2/c1-7(6-16)15(2)9-5-3-4-8(12)10(9)11(13)14-17/h3-5,7,16-17H,6H2,1-2H3,(H2,13,14). The summed E-state index contributed by atoms with van der Waals surface area (Å²) in [6.45, 7) is 1.91. The summed E-state index contributed by atoms with van der Waals surface area (Å²) in [5.41, 5.74) is 7.05. The van der Waals surface area contributed by atoms with Crippen molar-refractivity contribution in [2.24, 2.45) is 10.9 Å². The van der Waals surface area contributed by atoms with Gasteiger partial charge in [-0.05, 0) is 35.0 Å². The largest absolute Gasteiger partial charge is 0.409 e. The van der Waals surface area contributed by atoms with Crippen molar-refractivity contribution >= 4 is 27.5 Å². The number of hydrogen-bond acceptors (Lipinski definition) is 4. The number of nitrogens with two attached hydrogens (primary N) is 1. The van der Waals surface area contributed by atoms with Crippen LogP contribution in [0, 0.1) is 0 Å². The number of benzene rings is 1. The monoisotopic (exact) mass is 301 g/mol. The molecule has 6 heteroatoms. The summed E-state index contributed by atoms with van der Waals surface area (Å²) in [5.74, 6) is 0.0319. The first kappa shape index (κ1) is 13.8. The topological polar surface area (TPSA) is 82.1 Å². The second kappa shape index (κ2) is 5.88. The molecular formula is C11H16BrN3O2. The van der Waals surface area contributed by atoms with Gasteiger partial charge in [0.15, 0.2) is 5.84 Å². The Kier molecular flexibility index (Phi) is 4.77. The Labute approximate surface area is 109 Å². The highest BCUT2D eigenvalue weighted by molar-refractivity contribution is 9.10. The fourth-order valence-electron chi connectivity index (χ4n) is 1.47. The van der Waals surface area contributed by atoms with E-state index in [1.807, 2.05) is 37.1 Å². The second-order valence-electron chi connectivity index (χ2n) is 3.76. The number of hydrogen-bond donors (Lipinski definition) is 3. The summed E-state index contributed by atoms with van der Waals surface area (Å²) in [6, 6.07) is 5.46. The van der Waals surface area contributed by atoms with Crippen LogP contribution in [0.25, 0.3) is 0 Å². The van der Waals surface area contributed by atoms with E-state index in [4.69, 9.17) is 16.0 Å². The molecule has 0 heterocycles. The van der Waals surface area contributed by atoms with E-state index < -0.39 is 0 Å². The number of halogens is 1. The van der Waals surface area contributed by atoms with E-state index in [1.165, 1.54) is 0 Å². The number of aliphatic hydroxyl groups is 1. The Balaban J connectivity index is 3.29. The molecule has 0 radical (unpaired) electrons. The van der Waals surface area contributed by atoms with Crippen LogP contribution >= 0.6 is 15.9 Å². The first-order valence-electron chi connectivity index (χ1n) is 5.13. The quantitative estimate of drug-likeness (QED) is 0.339. The zero-order chi connectivity index (χ0) is 13.0. The Bertz CT molecular complexity index is 423. The van der Waals surface area contributed by atoms with Gasteiger partial charge in [0.1, 0.15) is 0 Å². The van der Waals surface area contributed by atoms with E-state index in [-0.39, 0.29) is 18.5 Å². The molecule has 0 aliphatic carbocycles. The molecule has 1 rings (SSSR count). The summed E-state index contributed by atoms with van der Waals surface area (Å²) in [6.07, 6.45) is 0. The Morgan fingerprint density at radius 2 is 2.24 bits per heavy atom. The highest BCUT2D eigenvalue weighted by atomic mass is 79.9. The van der Waals surface area contributed by atoms with E-state index >= 15 is 0 Å². The second-order valence-corrected chi connectivity index (χ2v) is 4.62. The minimum atomic E-state index is -0.0606. The summed E-state index contributed by atoms with van der Waals surface area (Å²) in [5, 5.41) is 21.0. The molecular weight excluding hydrogens is 286 g/mol. The van der Waals surface area contributed by atoms with Crippen molar-refractivity contribution in [1.82, 2.24) is 0 Å². The number of nitrogens with zero attached hydrogens (tertiary/aromatic N) is 2. The van der Waals surface area contributed by atoms with Gasteiger partial charge in [-0.25, -0.2) is 0 Å².